The van der Waals surface area contributed by atoms with Gasteiger partial charge in [-0.25, -0.2) is 4.79 Å². The van der Waals surface area contributed by atoms with E-state index in [0.29, 0.717) is 38.4 Å². The molecule has 2 aromatic rings. The minimum Gasteiger partial charge on any atom is -0.457 e. The molecule has 0 saturated carbocycles. The summed E-state index contributed by atoms with van der Waals surface area (Å²) < 4.78 is 11.4. The number of β-amino-alcohol motifs (C(OH)–C–C–N with tert-alkyl or cyclic N) is 1. The number of benzene rings is 2. The first-order valence-corrected chi connectivity index (χ1v) is 13.3. The second-order valence-corrected chi connectivity index (χ2v) is 10.5. The van der Waals surface area contributed by atoms with Crippen molar-refractivity contribution in [1.82, 2.24) is 9.80 Å². The highest BCUT2D eigenvalue weighted by Gasteiger charge is 2.43. The number of piperidine rings is 1. The molecular weight excluding hydrogens is 470 g/mol. The van der Waals surface area contributed by atoms with E-state index in [1.54, 1.807) is 12.0 Å². The molecule has 2 fully saturated rings. The molecule has 8 heteroatoms. The second-order valence-electron chi connectivity index (χ2n) is 10.5. The van der Waals surface area contributed by atoms with Crippen molar-refractivity contribution >= 4 is 6.03 Å². The number of nitrogens with two attached hydrogens (primary N) is 1. The van der Waals surface area contributed by atoms with Gasteiger partial charge < -0.3 is 35.2 Å². The van der Waals surface area contributed by atoms with Crippen LogP contribution in [0.4, 0.5) is 4.79 Å². The Morgan fingerprint density at radius 3 is 2.65 bits per heavy atom. The molecule has 4 atom stereocenters. The van der Waals surface area contributed by atoms with Crippen molar-refractivity contribution in [3.8, 4) is 11.5 Å². The smallest absolute Gasteiger partial charge is 0.320 e. The number of aliphatic hydroxyl groups excluding tert-OH is 1. The van der Waals surface area contributed by atoms with E-state index in [2.05, 4.69) is 0 Å². The number of urea groups is 1. The summed E-state index contributed by atoms with van der Waals surface area (Å²) in [4.78, 5) is 16.7. The Hall–Kier alpha value is -2.65. The number of ether oxygens (including phenoxy) is 2. The van der Waals surface area contributed by atoms with Gasteiger partial charge in [-0.05, 0) is 68.4 Å². The third-order valence-corrected chi connectivity index (χ3v) is 7.78. The zero-order valence-electron chi connectivity index (χ0n) is 22.0. The second kappa shape index (κ2) is 12.3. The van der Waals surface area contributed by atoms with E-state index in [0.717, 1.165) is 42.6 Å². The van der Waals surface area contributed by atoms with E-state index in [1.807, 2.05) is 60.4 Å². The SMILES string of the molecule is COCCCC[C@@](O)(c1cccc(Oc2ccccc2C)c1)C1CCCN(C(=O)N2C[C@@H](N)[C@@H](O)C2)C1. The molecule has 4 rings (SSSR count). The van der Waals surface area contributed by atoms with E-state index in [4.69, 9.17) is 15.2 Å². The summed E-state index contributed by atoms with van der Waals surface area (Å²) in [6, 6.07) is 15.0. The predicted molar refractivity (Wildman–Crippen MR) is 143 cm³/mol. The molecule has 2 amide bonds. The number of hydrogen-bond donors (Lipinski definition) is 3. The molecule has 0 radical (unpaired) electrons. The fraction of sp³-hybridized carbons (Fsp3) is 0.552. The quantitative estimate of drug-likeness (QED) is 0.444. The molecule has 4 N–H and O–H groups in total. The Morgan fingerprint density at radius 2 is 1.92 bits per heavy atom. The van der Waals surface area contributed by atoms with Gasteiger partial charge in [0.1, 0.15) is 11.5 Å². The monoisotopic (exact) mass is 511 g/mol. The van der Waals surface area contributed by atoms with Crippen LogP contribution in [0.2, 0.25) is 0 Å². The third-order valence-electron chi connectivity index (χ3n) is 7.78. The molecule has 2 aromatic carbocycles. The van der Waals surface area contributed by atoms with E-state index in [9.17, 15) is 15.0 Å². The number of carbonyl (C=O) groups excluding carboxylic acids is 1. The van der Waals surface area contributed by atoms with Gasteiger partial charge >= 0.3 is 6.03 Å². The number of aliphatic hydroxyl groups is 2. The summed E-state index contributed by atoms with van der Waals surface area (Å²) in [5, 5.41) is 22.3. The van der Waals surface area contributed by atoms with Crippen molar-refractivity contribution in [2.45, 2.75) is 56.8 Å². The van der Waals surface area contributed by atoms with Gasteiger partial charge in [-0.15, -0.1) is 0 Å². The number of hydrogen-bond acceptors (Lipinski definition) is 6. The Labute approximate surface area is 220 Å². The molecule has 0 aliphatic carbocycles. The lowest BCUT2D eigenvalue weighted by molar-refractivity contribution is -0.0577. The van der Waals surface area contributed by atoms with Gasteiger partial charge in [0.15, 0.2) is 0 Å². The topological polar surface area (TPSA) is 108 Å². The van der Waals surface area contributed by atoms with Gasteiger partial charge in [-0.2, -0.15) is 0 Å². The first-order valence-electron chi connectivity index (χ1n) is 13.3. The van der Waals surface area contributed by atoms with Crippen molar-refractivity contribution in [2.24, 2.45) is 11.7 Å². The lowest BCUT2D eigenvalue weighted by Gasteiger charge is -2.43. The summed E-state index contributed by atoms with van der Waals surface area (Å²) in [5.74, 6) is 1.32. The summed E-state index contributed by atoms with van der Waals surface area (Å²) in [6.07, 6.45) is 3.12. The fourth-order valence-corrected chi connectivity index (χ4v) is 5.56. The number of amides is 2. The number of likely N-dealkylation sites (tertiary alicyclic amines) is 2. The molecule has 2 heterocycles. The lowest BCUT2D eigenvalue weighted by atomic mass is 9.74. The minimum atomic E-state index is -1.13. The zero-order valence-corrected chi connectivity index (χ0v) is 22.0. The maximum absolute atomic E-state index is 13.3. The Balaban J connectivity index is 1.56. The van der Waals surface area contributed by atoms with Crippen LogP contribution in [-0.4, -0.2) is 78.1 Å². The Bertz CT molecular complexity index is 1040. The highest BCUT2D eigenvalue weighted by atomic mass is 16.5. The molecule has 2 saturated heterocycles. The van der Waals surface area contributed by atoms with Gasteiger partial charge in [-0.1, -0.05) is 30.3 Å². The van der Waals surface area contributed by atoms with Crippen LogP contribution in [0.1, 0.15) is 43.2 Å². The van der Waals surface area contributed by atoms with Crippen molar-refractivity contribution in [2.75, 3.05) is 39.9 Å². The zero-order chi connectivity index (χ0) is 26.4. The number of para-hydroxylation sites is 1. The van der Waals surface area contributed by atoms with E-state index in [1.165, 1.54) is 0 Å². The van der Waals surface area contributed by atoms with Crippen LogP contribution in [0.25, 0.3) is 0 Å². The number of unbranched alkanes of at least 4 members (excludes halogenated alkanes) is 1. The maximum atomic E-state index is 13.3. The van der Waals surface area contributed by atoms with Crippen LogP contribution in [0.5, 0.6) is 11.5 Å². The standard InChI is InChI=1S/C29H41N3O5/c1-21-9-3-4-13-27(21)37-24-12-7-10-22(17-24)29(35,14-5-6-16-36-2)23-11-8-15-31(18-23)28(34)32-19-25(30)26(33)20-32/h3-4,7,9-10,12-13,17,23,25-26,33,35H,5-6,8,11,14-16,18-20,30H2,1-2H3/t23?,25-,26+,29-/m1/s1. The summed E-state index contributed by atoms with van der Waals surface area (Å²) in [7, 11) is 1.68. The van der Waals surface area contributed by atoms with Gasteiger partial charge in [0.2, 0.25) is 0 Å². The molecule has 0 spiro atoms. The van der Waals surface area contributed by atoms with E-state index in [-0.39, 0.29) is 18.5 Å². The molecule has 37 heavy (non-hydrogen) atoms. The fourth-order valence-electron chi connectivity index (χ4n) is 5.56. The Kier molecular flexibility index (Phi) is 9.08. The van der Waals surface area contributed by atoms with Crippen LogP contribution < -0.4 is 10.5 Å². The van der Waals surface area contributed by atoms with Gasteiger partial charge in [0.25, 0.3) is 0 Å². The number of aryl methyl sites for hydroxylation is 1. The number of nitrogens with zero attached hydrogens (tertiary/aromatic N) is 2. The third kappa shape index (κ3) is 6.44. The number of methoxy groups -OCH3 is 1. The van der Waals surface area contributed by atoms with Crippen LogP contribution in [0.15, 0.2) is 48.5 Å². The van der Waals surface area contributed by atoms with E-state index >= 15 is 0 Å². The first-order chi connectivity index (χ1) is 17.8. The van der Waals surface area contributed by atoms with Gasteiger partial charge in [0, 0.05) is 51.9 Å². The normalized spacial score (nSPS) is 23.6. The molecule has 0 aromatic heterocycles. The molecule has 2 aliphatic rings. The van der Waals surface area contributed by atoms with Crippen molar-refractivity contribution in [3.05, 3.63) is 59.7 Å². The van der Waals surface area contributed by atoms with Crippen molar-refractivity contribution in [3.63, 3.8) is 0 Å². The van der Waals surface area contributed by atoms with Gasteiger partial charge in [-0.3, -0.25) is 0 Å². The minimum absolute atomic E-state index is 0.116. The summed E-state index contributed by atoms with van der Waals surface area (Å²) in [6.45, 7) is 4.32. The van der Waals surface area contributed by atoms with Crippen molar-refractivity contribution in [1.29, 1.82) is 0 Å². The molecule has 8 nitrogen and oxygen atoms in total. The molecular formula is C29H41N3O5. The molecule has 202 valence electrons. The Morgan fingerprint density at radius 1 is 1.11 bits per heavy atom. The number of carbonyl (C=O) groups is 1. The highest BCUT2D eigenvalue weighted by molar-refractivity contribution is 5.75. The summed E-state index contributed by atoms with van der Waals surface area (Å²) >= 11 is 0. The highest BCUT2D eigenvalue weighted by Crippen LogP contribution is 2.41. The first kappa shape index (κ1) is 27.4. The van der Waals surface area contributed by atoms with Gasteiger partial charge in [0.05, 0.1) is 11.7 Å². The average Bonchev–Trinajstić information content (AvgIpc) is 3.25. The lowest BCUT2D eigenvalue weighted by Crippen LogP contribution is -2.51. The van der Waals surface area contributed by atoms with Crippen molar-refractivity contribution < 1.29 is 24.5 Å². The molecule has 1 unspecified atom stereocenters. The molecule has 2 aliphatic heterocycles. The average molecular weight is 512 g/mol. The predicted octanol–water partition coefficient (Wildman–Crippen LogP) is 3.63. The van der Waals surface area contributed by atoms with Crippen LogP contribution in [-0.2, 0) is 10.3 Å². The van der Waals surface area contributed by atoms with Crippen LogP contribution in [0, 0.1) is 12.8 Å². The maximum Gasteiger partial charge on any atom is 0.320 e. The summed E-state index contributed by atoms with van der Waals surface area (Å²) in [5.41, 5.74) is 6.65. The van der Waals surface area contributed by atoms with E-state index < -0.39 is 17.7 Å². The number of rotatable bonds is 9. The largest absolute Gasteiger partial charge is 0.457 e. The van der Waals surface area contributed by atoms with Crippen LogP contribution in [0.3, 0.4) is 0 Å². The molecule has 0 bridgehead atoms. The van der Waals surface area contributed by atoms with Crippen LogP contribution >= 0.6 is 0 Å².